The second-order valence-corrected chi connectivity index (χ2v) is 4.04. The van der Waals surface area contributed by atoms with E-state index in [2.05, 4.69) is 31.4 Å². The van der Waals surface area contributed by atoms with E-state index in [4.69, 9.17) is 11.5 Å². The van der Waals surface area contributed by atoms with Crippen molar-refractivity contribution >= 4 is 11.9 Å². The molecule has 0 aliphatic heterocycles. The Morgan fingerprint density at radius 1 is 1.11 bits per heavy atom. The molecule has 0 spiro atoms. The van der Waals surface area contributed by atoms with Gasteiger partial charge < -0.3 is 16.0 Å². The number of imidazole rings is 1. The van der Waals surface area contributed by atoms with Gasteiger partial charge in [0.1, 0.15) is 11.6 Å². The maximum absolute atomic E-state index is 5.52. The molecule has 2 aromatic heterocycles. The summed E-state index contributed by atoms with van der Waals surface area (Å²) in [5, 5.41) is 0. The summed E-state index contributed by atoms with van der Waals surface area (Å²) in [6, 6.07) is 0. The molecule has 0 atom stereocenters. The normalized spacial score (nSPS) is 10.8. The van der Waals surface area contributed by atoms with Crippen LogP contribution in [0.4, 0.5) is 11.9 Å². The van der Waals surface area contributed by atoms with E-state index >= 15 is 0 Å². The van der Waals surface area contributed by atoms with Crippen LogP contribution in [0.2, 0.25) is 0 Å². The predicted molar refractivity (Wildman–Crippen MR) is 68.7 cm³/mol. The number of nitrogens with zero attached hydrogens (tertiary/aromatic N) is 5. The molecule has 4 N–H and O–H groups in total. The molecular weight excluding hydrogens is 230 g/mol. The van der Waals surface area contributed by atoms with Gasteiger partial charge in [0, 0.05) is 19.2 Å². The number of hydrogen-bond acceptors (Lipinski definition) is 6. The van der Waals surface area contributed by atoms with E-state index in [-0.39, 0.29) is 11.9 Å². The Morgan fingerprint density at radius 3 is 2.33 bits per heavy atom. The van der Waals surface area contributed by atoms with Crippen molar-refractivity contribution in [2.45, 2.75) is 33.2 Å². The average molecular weight is 247 g/mol. The summed E-state index contributed by atoms with van der Waals surface area (Å²) >= 11 is 0. The molecule has 0 fully saturated rings. The molecule has 0 radical (unpaired) electrons. The van der Waals surface area contributed by atoms with Crippen molar-refractivity contribution in [2.75, 3.05) is 11.5 Å². The third-order valence-corrected chi connectivity index (χ3v) is 2.68. The Hall–Kier alpha value is -2.18. The van der Waals surface area contributed by atoms with E-state index in [1.807, 2.05) is 13.1 Å². The lowest BCUT2D eigenvalue weighted by Gasteiger charge is -2.04. The first kappa shape index (κ1) is 12.3. The van der Waals surface area contributed by atoms with Crippen molar-refractivity contribution in [3.05, 3.63) is 23.5 Å². The van der Waals surface area contributed by atoms with Crippen LogP contribution in [0.3, 0.4) is 0 Å². The molecule has 0 unspecified atom stereocenters. The molecule has 0 saturated carbocycles. The molecule has 2 aromatic rings. The van der Waals surface area contributed by atoms with Gasteiger partial charge in [-0.3, -0.25) is 0 Å². The molecule has 7 nitrogen and oxygen atoms in total. The summed E-state index contributed by atoms with van der Waals surface area (Å²) in [6.45, 7) is 4.82. The number of nitrogens with two attached hydrogens (primary N) is 2. The Labute approximate surface area is 105 Å². The molecule has 0 amide bonds. The van der Waals surface area contributed by atoms with Crippen LogP contribution in [-0.2, 0) is 19.4 Å². The molecule has 0 saturated heterocycles. The van der Waals surface area contributed by atoms with Gasteiger partial charge in [-0.25, -0.2) is 4.98 Å². The van der Waals surface area contributed by atoms with Gasteiger partial charge in [0.25, 0.3) is 0 Å². The second kappa shape index (κ2) is 4.99. The van der Waals surface area contributed by atoms with Crippen LogP contribution in [0.15, 0.2) is 6.20 Å². The van der Waals surface area contributed by atoms with Crippen LogP contribution < -0.4 is 11.5 Å². The maximum atomic E-state index is 5.52. The third kappa shape index (κ3) is 2.73. The largest absolute Gasteiger partial charge is 0.368 e. The summed E-state index contributed by atoms with van der Waals surface area (Å²) in [7, 11) is 0. The van der Waals surface area contributed by atoms with Gasteiger partial charge in [0.2, 0.25) is 11.9 Å². The fourth-order valence-corrected chi connectivity index (χ4v) is 1.76. The summed E-state index contributed by atoms with van der Waals surface area (Å²) < 4.78 is 2.08. The fourth-order valence-electron chi connectivity index (χ4n) is 1.76. The first-order chi connectivity index (χ1) is 8.58. The Bertz CT molecular complexity index is 526. The topological polar surface area (TPSA) is 109 Å². The van der Waals surface area contributed by atoms with Crippen LogP contribution in [-0.4, -0.2) is 24.5 Å². The second-order valence-electron chi connectivity index (χ2n) is 4.04. The minimum atomic E-state index is 0.161. The van der Waals surface area contributed by atoms with E-state index in [1.165, 1.54) is 0 Å². The van der Waals surface area contributed by atoms with Gasteiger partial charge in [-0.1, -0.05) is 6.92 Å². The molecule has 0 aliphatic carbocycles. The van der Waals surface area contributed by atoms with Gasteiger partial charge >= 0.3 is 0 Å². The molecule has 0 aromatic carbocycles. The molecule has 0 bridgehead atoms. The maximum Gasteiger partial charge on any atom is 0.225 e. The first-order valence-electron chi connectivity index (χ1n) is 5.87. The molecule has 7 heteroatoms. The highest BCUT2D eigenvalue weighted by atomic mass is 15.1. The number of rotatable bonds is 4. The van der Waals surface area contributed by atoms with Crippen LogP contribution in [0, 0.1) is 6.92 Å². The first-order valence-corrected chi connectivity index (χ1v) is 5.87. The van der Waals surface area contributed by atoms with Gasteiger partial charge in [-0.05, 0) is 13.3 Å². The highest BCUT2D eigenvalue weighted by Crippen LogP contribution is 2.06. The molecule has 18 heavy (non-hydrogen) atoms. The van der Waals surface area contributed by atoms with Crippen LogP contribution >= 0.6 is 0 Å². The van der Waals surface area contributed by atoms with E-state index in [9.17, 15) is 0 Å². The van der Waals surface area contributed by atoms with Crippen LogP contribution in [0.25, 0.3) is 0 Å². The van der Waals surface area contributed by atoms with E-state index in [1.54, 1.807) is 0 Å². The zero-order valence-corrected chi connectivity index (χ0v) is 10.6. The zero-order chi connectivity index (χ0) is 13.1. The summed E-state index contributed by atoms with van der Waals surface area (Å²) in [6.07, 6.45) is 3.63. The predicted octanol–water partition coefficient (Wildman–Crippen LogP) is 0.346. The van der Waals surface area contributed by atoms with E-state index < -0.39 is 0 Å². The fraction of sp³-hybridized carbons (Fsp3) is 0.455. The lowest BCUT2D eigenvalue weighted by atomic mass is 10.3. The minimum Gasteiger partial charge on any atom is -0.368 e. The highest BCUT2D eigenvalue weighted by molar-refractivity contribution is 5.25. The van der Waals surface area contributed by atoms with Crippen molar-refractivity contribution in [3.8, 4) is 0 Å². The van der Waals surface area contributed by atoms with Crippen LogP contribution in [0.1, 0.15) is 24.3 Å². The molecule has 96 valence electrons. The van der Waals surface area contributed by atoms with Gasteiger partial charge in [0.05, 0.1) is 5.69 Å². The number of anilines is 2. The van der Waals surface area contributed by atoms with Gasteiger partial charge in [-0.2, -0.15) is 15.0 Å². The summed E-state index contributed by atoms with van der Waals surface area (Å²) in [5.74, 6) is 1.91. The van der Waals surface area contributed by atoms with Gasteiger partial charge in [-0.15, -0.1) is 0 Å². The summed E-state index contributed by atoms with van der Waals surface area (Å²) in [4.78, 5) is 16.3. The third-order valence-electron chi connectivity index (χ3n) is 2.68. The van der Waals surface area contributed by atoms with Crippen molar-refractivity contribution in [1.29, 1.82) is 0 Å². The SMILES string of the molecule is CCc1cn(CCc2nc(N)nc(N)n2)c(C)n1. The van der Waals surface area contributed by atoms with Crippen molar-refractivity contribution in [2.24, 2.45) is 0 Å². The number of hydrogen-bond donors (Lipinski definition) is 2. The van der Waals surface area contributed by atoms with Crippen molar-refractivity contribution in [3.63, 3.8) is 0 Å². The Balaban J connectivity index is 2.08. The molecule has 2 heterocycles. The lowest BCUT2D eigenvalue weighted by molar-refractivity contribution is 0.651. The van der Waals surface area contributed by atoms with Crippen molar-refractivity contribution in [1.82, 2.24) is 24.5 Å². The van der Waals surface area contributed by atoms with E-state index in [0.29, 0.717) is 12.2 Å². The molecule has 2 rings (SSSR count). The summed E-state index contributed by atoms with van der Waals surface area (Å²) in [5.41, 5.74) is 12.1. The van der Waals surface area contributed by atoms with Gasteiger partial charge in [0.15, 0.2) is 0 Å². The lowest BCUT2D eigenvalue weighted by Crippen LogP contribution is -2.10. The van der Waals surface area contributed by atoms with Crippen LogP contribution in [0.5, 0.6) is 0 Å². The Kier molecular flexibility index (Phi) is 3.40. The molecular formula is C11H17N7. The number of nitrogen functional groups attached to an aromatic ring is 2. The Morgan fingerprint density at radius 2 is 1.78 bits per heavy atom. The average Bonchev–Trinajstić information content (AvgIpc) is 2.66. The number of aromatic nitrogens is 5. The standard InChI is InChI=1S/C11H17N7/c1-3-8-6-18(7(2)14-8)5-4-9-15-10(12)17-11(13)16-9/h6H,3-5H2,1-2H3,(H4,12,13,15,16,17). The molecule has 0 aliphatic rings. The zero-order valence-electron chi connectivity index (χ0n) is 10.6. The monoisotopic (exact) mass is 247 g/mol. The smallest absolute Gasteiger partial charge is 0.225 e. The number of aryl methyl sites for hydroxylation is 4. The van der Waals surface area contributed by atoms with E-state index in [0.717, 1.165) is 24.5 Å². The quantitative estimate of drug-likeness (QED) is 0.806. The minimum absolute atomic E-state index is 0.161. The highest BCUT2D eigenvalue weighted by Gasteiger charge is 2.05. The van der Waals surface area contributed by atoms with Crippen molar-refractivity contribution < 1.29 is 0 Å².